The van der Waals surface area contributed by atoms with Crippen molar-refractivity contribution >= 4 is 10.8 Å². The van der Waals surface area contributed by atoms with Crippen LogP contribution in [0.1, 0.15) is 50.2 Å². The Morgan fingerprint density at radius 2 is 2.00 bits per heavy atom. The van der Waals surface area contributed by atoms with E-state index < -0.39 is 10.8 Å². The van der Waals surface area contributed by atoms with Gasteiger partial charge in [-0.25, -0.2) is 0 Å². The summed E-state index contributed by atoms with van der Waals surface area (Å²) in [5, 5.41) is 3.88. The van der Waals surface area contributed by atoms with E-state index >= 15 is 0 Å². The van der Waals surface area contributed by atoms with Gasteiger partial charge in [0.2, 0.25) is 0 Å². The minimum absolute atomic E-state index is 0.275. The third-order valence-corrected chi connectivity index (χ3v) is 6.19. The first-order chi connectivity index (χ1) is 9.63. The molecule has 1 aromatic carbocycles. The second kappa shape index (κ2) is 7.37. The maximum absolute atomic E-state index is 13.0. The standard InChI is InChI=1S/C17H27NOS/c1-4-11-18-15-7-5-6-8-17(15)20(19)16-10-9-13(2)12-14(16)3/h9-10,12,15,17-18H,4-8,11H2,1-3H3. The number of aryl methyl sites for hydroxylation is 2. The van der Waals surface area contributed by atoms with E-state index in [1.165, 1.54) is 30.4 Å². The normalized spacial score (nSPS) is 24.6. The molecule has 3 atom stereocenters. The lowest BCUT2D eigenvalue weighted by atomic mass is 9.95. The number of benzene rings is 1. The fourth-order valence-electron chi connectivity index (χ4n) is 3.10. The molecule has 1 aromatic rings. The van der Waals surface area contributed by atoms with Gasteiger partial charge < -0.3 is 5.32 Å². The first-order valence-electron chi connectivity index (χ1n) is 7.84. The van der Waals surface area contributed by atoms with Gasteiger partial charge in [0.1, 0.15) is 0 Å². The van der Waals surface area contributed by atoms with Gasteiger partial charge in [0.15, 0.2) is 0 Å². The number of hydrogen-bond acceptors (Lipinski definition) is 2. The summed E-state index contributed by atoms with van der Waals surface area (Å²) in [7, 11) is -0.886. The molecule has 1 N–H and O–H groups in total. The van der Waals surface area contributed by atoms with Gasteiger partial charge in [0.05, 0.1) is 16.0 Å². The van der Waals surface area contributed by atoms with Crippen molar-refractivity contribution in [3.05, 3.63) is 29.3 Å². The van der Waals surface area contributed by atoms with E-state index in [4.69, 9.17) is 0 Å². The molecule has 3 unspecified atom stereocenters. The molecule has 1 aliphatic rings. The smallest absolute Gasteiger partial charge is 0.0579 e. The summed E-state index contributed by atoms with van der Waals surface area (Å²) in [5.41, 5.74) is 2.41. The Hall–Kier alpha value is -0.670. The molecule has 2 nitrogen and oxygen atoms in total. The van der Waals surface area contributed by atoms with Crippen LogP contribution in [0.3, 0.4) is 0 Å². The van der Waals surface area contributed by atoms with Gasteiger partial charge in [-0.2, -0.15) is 0 Å². The summed E-state index contributed by atoms with van der Waals surface area (Å²) in [6.07, 6.45) is 5.87. The first kappa shape index (κ1) is 15.7. The Morgan fingerprint density at radius 3 is 2.70 bits per heavy atom. The molecule has 0 saturated heterocycles. The molecule has 0 heterocycles. The number of nitrogens with one attached hydrogen (secondary N) is 1. The molecule has 112 valence electrons. The van der Waals surface area contributed by atoms with Crippen LogP contribution in [-0.2, 0) is 10.8 Å². The van der Waals surface area contributed by atoms with Crippen molar-refractivity contribution in [1.82, 2.24) is 5.32 Å². The van der Waals surface area contributed by atoms with Crippen molar-refractivity contribution in [1.29, 1.82) is 0 Å². The van der Waals surface area contributed by atoms with Crippen molar-refractivity contribution in [2.75, 3.05) is 6.54 Å². The second-order valence-corrected chi connectivity index (χ2v) is 7.59. The minimum Gasteiger partial charge on any atom is -0.313 e. The van der Waals surface area contributed by atoms with Gasteiger partial charge in [-0.3, -0.25) is 4.21 Å². The zero-order valence-electron chi connectivity index (χ0n) is 12.9. The minimum atomic E-state index is -0.886. The van der Waals surface area contributed by atoms with Crippen LogP contribution >= 0.6 is 0 Å². The Balaban J connectivity index is 2.16. The average Bonchev–Trinajstić information content (AvgIpc) is 2.45. The third-order valence-electron chi connectivity index (χ3n) is 4.18. The van der Waals surface area contributed by atoms with Crippen molar-refractivity contribution < 1.29 is 4.21 Å². The van der Waals surface area contributed by atoms with E-state index in [1.54, 1.807) is 0 Å². The Bertz CT molecular complexity index is 472. The third kappa shape index (κ3) is 3.70. The zero-order valence-corrected chi connectivity index (χ0v) is 13.8. The monoisotopic (exact) mass is 293 g/mol. The molecule has 1 fully saturated rings. The van der Waals surface area contributed by atoms with Crippen LogP contribution in [0.15, 0.2) is 23.1 Å². The van der Waals surface area contributed by atoms with Crippen LogP contribution in [-0.4, -0.2) is 22.0 Å². The molecule has 0 bridgehead atoms. The van der Waals surface area contributed by atoms with Crippen LogP contribution in [0.25, 0.3) is 0 Å². The van der Waals surface area contributed by atoms with E-state index in [9.17, 15) is 4.21 Å². The van der Waals surface area contributed by atoms with E-state index in [-0.39, 0.29) is 5.25 Å². The van der Waals surface area contributed by atoms with Crippen molar-refractivity contribution in [3.8, 4) is 0 Å². The van der Waals surface area contributed by atoms with Crippen LogP contribution in [0, 0.1) is 13.8 Å². The molecule has 0 spiro atoms. The first-order valence-corrected chi connectivity index (χ1v) is 9.06. The van der Waals surface area contributed by atoms with Gasteiger partial charge in [-0.1, -0.05) is 37.5 Å². The molecule has 1 saturated carbocycles. The zero-order chi connectivity index (χ0) is 14.5. The largest absolute Gasteiger partial charge is 0.313 e. The van der Waals surface area contributed by atoms with Crippen molar-refractivity contribution in [2.24, 2.45) is 0 Å². The molecule has 3 heteroatoms. The van der Waals surface area contributed by atoms with E-state index in [2.05, 4.69) is 44.3 Å². The van der Waals surface area contributed by atoms with Gasteiger partial charge in [0.25, 0.3) is 0 Å². The highest BCUT2D eigenvalue weighted by atomic mass is 32.2. The fourth-order valence-corrected chi connectivity index (χ4v) is 4.92. The SMILES string of the molecule is CCCNC1CCCCC1S(=O)c1ccc(C)cc1C. The summed E-state index contributed by atoms with van der Waals surface area (Å²) in [6.45, 7) is 7.39. The highest BCUT2D eigenvalue weighted by Gasteiger charge is 2.30. The summed E-state index contributed by atoms with van der Waals surface area (Å²) in [6, 6.07) is 6.71. The lowest BCUT2D eigenvalue weighted by Crippen LogP contribution is -2.44. The van der Waals surface area contributed by atoms with Gasteiger partial charge in [-0.05, 0) is 51.3 Å². The average molecular weight is 293 g/mol. The lowest BCUT2D eigenvalue weighted by molar-refractivity contribution is 0.379. The molecular formula is C17H27NOS. The van der Waals surface area contributed by atoms with Gasteiger partial charge in [0, 0.05) is 10.9 Å². The summed E-state index contributed by atoms with van der Waals surface area (Å²) < 4.78 is 13.0. The molecule has 0 aromatic heterocycles. The molecule has 0 aliphatic heterocycles. The van der Waals surface area contributed by atoms with Crippen LogP contribution in [0.4, 0.5) is 0 Å². The molecule has 0 amide bonds. The predicted octanol–water partition coefficient (Wildman–Crippen LogP) is 3.72. The Kier molecular flexibility index (Phi) is 5.79. The molecule has 0 radical (unpaired) electrons. The molecule has 1 aliphatic carbocycles. The molecular weight excluding hydrogens is 266 g/mol. The maximum Gasteiger partial charge on any atom is 0.0579 e. The maximum atomic E-state index is 13.0. The second-order valence-electron chi connectivity index (χ2n) is 5.95. The van der Waals surface area contributed by atoms with E-state index in [0.29, 0.717) is 6.04 Å². The van der Waals surface area contributed by atoms with Crippen molar-refractivity contribution in [3.63, 3.8) is 0 Å². The van der Waals surface area contributed by atoms with Crippen LogP contribution in [0.2, 0.25) is 0 Å². The van der Waals surface area contributed by atoms with Crippen molar-refractivity contribution in [2.45, 2.75) is 69.1 Å². The predicted molar refractivity (Wildman–Crippen MR) is 86.7 cm³/mol. The quantitative estimate of drug-likeness (QED) is 0.896. The number of hydrogen-bond donors (Lipinski definition) is 1. The van der Waals surface area contributed by atoms with E-state index in [1.807, 2.05) is 0 Å². The Labute approximate surface area is 125 Å². The highest BCUT2D eigenvalue weighted by Crippen LogP contribution is 2.28. The fraction of sp³-hybridized carbons (Fsp3) is 0.647. The van der Waals surface area contributed by atoms with Gasteiger partial charge in [-0.15, -0.1) is 0 Å². The van der Waals surface area contributed by atoms with E-state index in [0.717, 1.165) is 24.3 Å². The summed E-state index contributed by atoms with van der Waals surface area (Å²) >= 11 is 0. The Morgan fingerprint density at radius 1 is 1.25 bits per heavy atom. The van der Waals surface area contributed by atoms with Crippen LogP contribution in [0.5, 0.6) is 0 Å². The number of rotatable bonds is 5. The molecule has 2 rings (SSSR count). The van der Waals surface area contributed by atoms with Crippen LogP contribution < -0.4 is 5.32 Å². The summed E-state index contributed by atoms with van der Waals surface area (Å²) in [5.74, 6) is 0. The lowest BCUT2D eigenvalue weighted by Gasteiger charge is -2.32. The highest BCUT2D eigenvalue weighted by molar-refractivity contribution is 7.85. The topological polar surface area (TPSA) is 29.1 Å². The summed E-state index contributed by atoms with van der Waals surface area (Å²) in [4.78, 5) is 1.03. The molecule has 20 heavy (non-hydrogen) atoms. The van der Waals surface area contributed by atoms with Gasteiger partial charge >= 0.3 is 0 Å².